The van der Waals surface area contributed by atoms with Gasteiger partial charge in [0, 0.05) is 47.1 Å². The minimum atomic E-state index is -3.78. The molecule has 2 N–H and O–H groups in total. The van der Waals surface area contributed by atoms with Crippen molar-refractivity contribution in [3.8, 4) is 0 Å². The third-order valence-corrected chi connectivity index (χ3v) is 6.73. The van der Waals surface area contributed by atoms with Gasteiger partial charge in [0.25, 0.3) is 0 Å². The number of benzene rings is 2. The molecule has 0 spiro atoms. The number of carbonyl (C=O) groups is 1. The number of para-hydroxylation sites is 1. The predicted molar refractivity (Wildman–Crippen MR) is 124 cm³/mol. The molecule has 4 rings (SSSR count). The van der Waals surface area contributed by atoms with Gasteiger partial charge in [0.1, 0.15) is 6.04 Å². The van der Waals surface area contributed by atoms with Crippen molar-refractivity contribution >= 4 is 32.9 Å². The summed E-state index contributed by atoms with van der Waals surface area (Å²) in [7, 11) is -3.78. The van der Waals surface area contributed by atoms with Crippen molar-refractivity contribution in [1.82, 2.24) is 14.6 Å². The summed E-state index contributed by atoms with van der Waals surface area (Å²) in [6.45, 7) is 4.74. The van der Waals surface area contributed by atoms with E-state index in [-0.39, 0.29) is 11.8 Å². The molecule has 1 amide bonds. The van der Waals surface area contributed by atoms with Crippen LogP contribution in [0.4, 0.5) is 0 Å². The van der Waals surface area contributed by atoms with Gasteiger partial charge in [-0.2, -0.15) is 4.72 Å². The van der Waals surface area contributed by atoms with Crippen LogP contribution in [0.3, 0.4) is 0 Å². The zero-order chi connectivity index (χ0) is 22.0. The summed E-state index contributed by atoms with van der Waals surface area (Å²) < 4.78 is 27.9. The largest absolute Gasteiger partial charge is 0.358 e. The van der Waals surface area contributed by atoms with E-state index in [2.05, 4.69) is 15.8 Å². The van der Waals surface area contributed by atoms with Crippen LogP contribution in [-0.4, -0.2) is 36.8 Å². The fourth-order valence-corrected chi connectivity index (χ4v) is 5.11. The summed E-state index contributed by atoms with van der Waals surface area (Å²) in [5, 5.41) is 2.24. The Labute approximate surface area is 183 Å². The van der Waals surface area contributed by atoms with E-state index in [0.717, 1.165) is 39.6 Å². The third kappa shape index (κ3) is 4.73. The normalized spacial score (nSPS) is 15.5. The molecule has 0 fully saturated rings. The Morgan fingerprint density at radius 1 is 1.10 bits per heavy atom. The maximum atomic E-state index is 13.3. The average molecular weight is 438 g/mol. The van der Waals surface area contributed by atoms with Gasteiger partial charge in [-0.05, 0) is 23.6 Å². The van der Waals surface area contributed by atoms with Gasteiger partial charge >= 0.3 is 0 Å². The Bertz CT molecular complexity index is 1210. The average Bonchev–Trinajstić information content (AvgIpc) is 3.14. The first-order valence-electron chi connectivity index (χ1n) is 10.5. The molecular weight excluding hydrogens is 410 g/mol. The van der Waals surface area contributed by atoms with Gasteiger partial charge in [-0.15, -0.1) is 0 Å². The Kier molecular flexibility index (Phi) is 5.98. The Balaban J connectivity index is 1.52. The van der Waals surface area contributed by atoms with Gasteiger partial charge in [0.15, 0.2) is 0 Å². The van der Waals surface area contributed by atoms with Crippen LogP contribution in [0.15, 0.2) is 60.0 Å². The molecular formula is C24H27N3O3S. The highest BCUT2D eigenvalue weighted by Gasteiger charge is 2.32. The number of nitrogens with zero attached hydrogens (tertiary/aromatic N) is 1. The van der Waals surface area contributed by atoms with Crippen molar-refractivity contribution in [2.45, 2.75) is 32.9 Å². The highest BCUT2D eigenvalue weighted by molar-refractivity contribution is 7.92. The molecule has 0 saturated carbocycles. The molecule has 1 aliphatic rings. The van der Waals surface area contributed by atoms with Gasteiger partial charge in [0.05, 0.1) is 0 Å². The summed E-state index contributed by atoms with van der Waals surface area (Å²) in [6.07, 6.45) is 2.25. The van der Waals surface area contributed by atoms with Crippen LogP contribution in [-0.2, 0) is 27.8 Å². The first-order chi connectivity index (χ1) is 14.8. The lowest BCUT2D eigenvalue weighted by Gasteiger charge is -2.32. The Morgan fingerprint density at radius 2 is 1.81 bits per heavy atom. The highest BCUT2D eigenvalue weighted by atomic mass is 32.2. The van der Waals surface area contributed by atoms with Gasteiger partial charge in [0.2, 0.25) is 15.9 Å². The van der Waals surface area contributed by atoms with Crippen LogP contribution in [0.2, 0.25) is 0 Å². The van der Waals surface area contributed by atoms with Crippen molar-refractivity contribution in [2.75, 3.05) is 6.54 Å². The SMILES string of the molecule is CC(C)[C@H](NS(=O)(=O)/C=C/c1ccccc1)C(=O)N1CCc2[nH]c3ccccc3c2C1. The molecule has 1 aliphatic heterocycles. The first-order valence-corrected chi connectivity index (χ1v) is 12.0. The number of hydrogen-bond acceptors (Lipinski definition) is 3. The molecule has 0 unspecified atom stereocenters. The van der Waals surface area contributed by atoms with Gasteiger partial charge in [-0.3, -0.25) is 4.79 Å². The fraction of sp³-hybridized carbons (Fsp3) is 0.292. The lowest BCUT2D eigenvalue weighted by molar-refractivity contribution is -0.134. The Hall–Kier alpha value is -2.90. The van der Waals surface area contributed by atoms with Crippen LogP contribution in [0, 0.1) is 5.92 Å². The van der Waals surface area contributed by atoms with Crippen LogP contribution in [0.5, 0.6) is 0 Å². The number of aromatic nitrogens is 1. The predicted octanol–water partition coefficient (Wildman–Crippen LogP) is 3.67. The van der Waals surface area contributed by atoms with Crippen LogP contribution >= 0.6 is 0 Å². The minimum absolute atomic E-state index is 0.184. The maximum absolute atomic E-state index is 13.3. The van der Waals surface area contributed by atoms with E-state index in [0.29, 0.717) is 13.1 Å². The summed E-state index contributed by atoms with van der Waals surface area (Å²) in [6, 6.07) is 16.4. The molecule has 162 valence electrons. The molecule has 0 bridgehead atoms. The van der Waals surface area contributed by atoms with Crippen molar-refractivity contribution in [2.24, 2.45) is 5.92 Å². The number of nitrogens with one attached hydrogen (secondary N) is 2. The number of amides is 1. The maximum Gasteiger partial charge on any atom is 0.241 e. The molecule has 7 heteroatoms. The minimum Gasteiger partial charge on any atom is -0.358 e. The first kappa shape index (κ1) is 21.3. The zero-order valence-electron chi connectivity index (χ0n) is 17.7. The topological polar surface area (TPSA) is 82.3 Å². The molecule has 6 nitrogen and oxygen atoms in total. The molecule has 3 aromatic rings. The molecule has 0 saturated heterocycles. The second-order valence-electron chi connectivity index (χ2n) is 8.24. The Morgan fingerprint density at radius 3 is 2.55 bits per heavy atom. The number of carbonyl (C=O) groups excluding carboxylic acids is 1. The third-order valence-electron chi connectivity index (χ3n) is 5.66. The van der Waals surface area contributed by atoms with Crippen LogP contribution in [0.25, 0.3) is 17.0 Å². The van der Waals surface area contributed by atoms with Crippen molar-refractivity contribution in [3.05, 3.63) is 76.8 Å². The molecule has 0 aliphatic carbocycles. The number of hydrogen-bond donors (Lipinski definition) is 2. The summed E-state index contributed by atoms with van der Waals surface area (Å²) in [4.78, 5) is 18.5. The van der Waals surface area contributed by atoms with E-state index >= 15 is 0 Å². The van der Waals surface area contributed by atoms with E-state index in [1.165, 1.54) is 6.08 Å². The lowest BCUT2D eigenvalue weighted by atomic mass is 10.0. The van der Waals surface area contributed by atoms with Gasteiger partial charge in [-0.25, -0.2) is 8.42 Å². The van der Waals surface area contributed by atoms with E-state index in [9.17, 15) is 13.2 Å². The number of rotatable bonds is 6. The number of fused-ring (bicyclic) bond motifs is 3. The fourth-order valence-electron chi connectivity index (χ4n) is 3.97. The van der Waals surface area contributed by atoms with E-state index < -0.39 is 16.1 Å². The molecule has 1 aromatic heterocycles. The number of aromatic amines is 1. The molecule has 2 aromatic carbocycles. The molecule has 31 heavy (non-hydrogen) atoms. The van der Waals surface area contributed by atoms with Crippen LogP contribution < -0.4 is 4.72 Å². The summed E-state index contributed by atoms with van der Waals surface area (Å²) >= 11 is 0. The van der Waals surface area contributed by atoms with Gasteiger partial charge < -0.3 is 9.88 Å². The summed E-state index contributed by atoms with van der Waals surface area (Å²) in [5.41, 5.74) is 4.11. The van der Waals surface area contributed by atoms with E-state index in [4.69, 9.17) is 0 Å². The second kappa shape index (κ2) is 8.69. The highest BCUT2D eigenvalue weighted by Crippen LogP contribution is 2.28. The zero-order valence-corrected chi connectivity index (χ0v) is 18.5. The van der Waals surface area contributed by atoms with Crippen molar-refractivity contribution in [1.29, 1.82) is 0 Å². The molecule has 2 heterocycles. The number of H-pyrrole nitrogens is 1. The van der Waals surface area contributed by atoms with Crippen LogP contribution in [0.1, 0.15) is 30.7 Å². The number of sulfonamides is 1. The molecule has 0 radical (unpaired) electrons. The van der Waals surface area contributed by atoms with Crippen molar-refractivity contribution in [3.63, 3.8) is 0 Å². The van der Waals surface area contributed by atoms with E-state index in [1.54, 1.807) is 4.90 Å². The standard InChI is InChI=1S/C24H27N3O3S/c1-17(2)23(26-31(29,30)15-13-18-8-4-3-5-9-18)24(28)27-14-12-22-20(16-27)19-10-6-7-11-21(19)25-22/h3-11,13,15,17,23,25-26H,12,14,16H2,1-2H3/b15-13+/t23-/m0/s1. The van der Waals surface area contributed by atoms with Gasteiger partial charge in [-0.1, -0.05) is 62.4 Å². The second-order valence-corrected chi connectivity index (χ2v) is 9.83. The smallest absolute Gasteiger partial charge is 0.241 e. The van der Waals surface area contributed by atoms with E-state index in [1.807, 2.05) is 62.4 Å². The monoisotopic (exact) mass is 437 g/mol. The lowest BCUT2D eigenvalue weighted by Crippen LogP contribution is -2.51. The summed E-state index contributed by atoms with van der Waals surface area (Å²) in [5.74, 6) is -0.376. The quantitative estimate of drug-likeness (QED) is 0.617. The molecule has 1 atom stereocenters. The van der Waals surface area contributed by atoms with Crippen molar-refractivity contribution < 1.29 is 13.2 Å².